The van der Waals surface area contributed by atoms with Gasteiger partial charge in [0.1, 0.15) is 29.5 Å². The van der Waals surface area contributed by atoms with E-state index in [2.05, 4.69) is 32.2 Å². The summed E-state index contributed by atoms with van der Waals surface area (Å²) in [5, 5.41) is 4.59. The molecule has 0 amide bonds. The average molecular weight is 424 g/mol. The summed E-state index contributed by atoms with van der Waals surface area (Å²) in [6.07, 6.45) is 4.07. The molecular weight excluding hydrogens is 404 g/mol. The van der Waals surface area contributed by atoms with Crippen LogP contribution in [-0.4, -0.2) is 24.7 Å². The van der Waals surface area contributed by atoms with Crippen LogP contribution in [0.25, 0.3) is 16.7 Å². The smallest absolute Gasteiger partial charge is 0.259 e. The molecule has 3 aromatic heterocycles. The second-order valence-electron chi connectivity index (χ2n) is 7.32. The first-order chi connectivity index (χ1) is 15.7. The highest BCUT2D eigenvalue weighted by Crippen LogP contribution is 2.18. The third-order valence-corrected chi connectivity index (χ3v) is 5.03. The number of nitrogens with one attached hydrogen (secondary N) is 1. The minimum Gasteiger partial charge on any atom is -0.486 e. The van der Waals surface area contributed by atoms with Gasteiger partial charge in [-0.05, 0) is 35.7 Å². The molecule has 8 nitrogen and oxygen atoms in total. The van der Waals surface area contributed by atoms with Gasteiger partial charge in [0, 0.05) is 18.5 Å². The number of pyridine rings is 1. The fourth-order valence-electron chi connectivity index (χ4n) is 3.48. The van der Waals surface area contributed by atoms with E-state index < -0.39 is 0 Å². The van der Waals surface area contributed by atoms with Crippen molar-refractivity contribution < 1.29 is 4.74 Å². The Hall–Kier alpha value is -4.46. The fraction of sp³-hybridized carbons (Fsp3) is 0.0833. The van der Waals surface area contributed by atoms with Gasteiger partial charge in [-0.1, -0.05) is 42.5 Å². The highest BCUT2D eigenvalue weighted by Gasteiger charge is 2.12. The summed E-state index contributed by atoms with van der Waals surface area (Å²) < 4.78 is 7.36. The van der Waals surface area contributed by atoms with Crippen molar-refractivity contribution in [1.29, 1.82) is 0 Å². The van der Waals surface area contributed by atoms with Crippen molar-refractivity contribution in [2.75, 3.05) is 5.73 Å². The Kier molecular flexibility index (Phi) is 5.09. The second-order valence-corrected chi connectivity index (χ2v) is 7.32. The van der Waals surface area contributed by atoms with E-state index in [1.165, 1.54) is 15.8 Å². The zero-order valence-corrected chi connectivity index (χ0v) is 17.1. The molecule has 32 heavy (non-hydrogen) atoms. The number of nitrogens with zero attached hydrogens (tertiary/aromatic N) is 4. The van der Waals surface area contributed by atoms with Crippen LogP contribution in [0.4, 0.5) is 5.82 Å². The molecule has 0 radical (unpaired) electrons. The fourth-order valence-corrected chi connectivity index (χ4v) is 3.48. The molecule has 0 aliphatic heterocycles. The number of benzene rings is 2. The van der Waals surface area contributed by atoms with Crippen LogP contribution in [0.3, 0.4) is 0 Å². The third kappa shape index (κ3) is 4.06. The number of anilines is 1. The Morgan fingerprint density at radius 2 is 1.75 bits per heavy atom. The van der Waals surface area contributed by atoms with E-state index in [0.717, 1.165) is 6.42 Å². The van der Waals surface area contributed by atoms with Gasteiger partial charge in [0.25, 0.3) is 5.56 Å². The molecule has 0 atom stereocenters. The Morgan fingerprint density at radius 3 is 2.50 bits per heavy atom. The lowest BCUT2D eigenvalue weighted by molar-refractivity contribution is 0.296. The quantitative estimate of drug-likeness (QED) is 0.433. The zero-order chi connectivity index (χ0) is 21.9. The van der Waals surface area contributed by atoms with Crippen LogP contribution in [0.2, 0.25) is 0 Å². The topological polar surface area (TPSA) is 112 Å². The predicted molar refractivity (Wildman–Crippen MR) is 122 cm³/mol. The maximum Gasteiger partial charge on any atom is 0.259 e. The predicted octanol–water partition coefficient (Wildman–Crippen LogP) is 3.26. The van der Waals surface area contributed by atoms with Crippen molar-refractivity contribution in [2.24, 2.45) is 0 Å². The van der Waals surface area contributed by atoms with Crippen LogP contribution in [0.5, 0.6) is 5.75 Å². The number of rotatable bonds is 6. The SMILES string of the molecule is Nc1ccn(-c2nccc3c(=O)[nH]c(COc4ccc(Cc5ccccc5)cc4)nc23)n1. The molecule has 0 saturated carbocycles. The number of nitrogens with two attached hydrogens (primary N) is 1. The number of hydrogen-bond acceptors (Lipinski definition) is 6. The normalized spacial score (nSPS) is 11.0. The van der Waals surface area contributed by atoms with Crippen molar-refractivity contribution in [1.82, 2.24) is 24.7 Å². The molecule has 8 heteroatoms. The molecule has 5 rings (SSSR count). The number of aromatic amines is 1. The summed E-state index contributed by atoms with van der Waals surface area (Å²) in [5.74, 6) is 1.87. The summed E-state index contributed by atoms with van der Waals surface area (Å²) in [6, 6.07) is 21.4. The van der Waals surface area contributed by atoms with Gasteiger partial charge in [0.2, 0.25) is 0 Å². The first-order valence-corrected chi connectivity index (χ1v) is 10.1. The molecule has 0 aliphatic rings. The molecule has 158 valence electrons. The van der Waals surface area contributed by atoms with Gasteiger partial charge < -0.3 is 15.5 Å². The van der Waals surface area contributed by atoms with Crippen LogP contribution in [0.15, 0.2) is 83.9 Å². The van der Waals surface area contributed by atoms with E-state index in [1.807, 2.05) is 42.5 Å². The molecule has 0 aliphatic carbocycles. The number of nitrogen functional groups attached to an aromatic ring is 1. The van der Waals surface area contributed by atoms with Gasteiger partial charge in [-0.25, -0.2) is 14.6 Å². The first-order valence-electron chi connectivity index (χ1n) is 10.1. The number of H-pyrrole nitrogens is 1. The Bertz CT molecular complexity index is 1420. The maximum atomic E-state index is 12.6. The van der Waals surface area contributed by atoms with Crippen LogP contribution >= 0.6 is 0 Å². The van der Waals surface area contributed by atoms with Crippen LogP contribution < -0.4 is 16.0 Å². The lowest BCUT2D eigenvalue weighted by Gasteiger charge is -2.09. The minimum absolute atomic E-state index is 0.110. The largest absolute Gasteiger partial charge is 0.486 e. The number of ether oxygens (including phenoxy) is 1. The lowest BCUT2D eigenvalue weighted by atomic mass is 10.1. The lowest BCUT2D eigenvalue weighted by Crippen LogP contribution is -2.15. The molecule has 0 bridgehead atoms. The Labute approximate surface area is 183 Å². The molecule has 0 saturated heterocycles. The van der Waals surface area contributed by atoms with E-state index in [9.17, 15) is 4.79 Å². The second kappa shape index (κ2) is 8.35. The zero-order valence-electron chi connectivity index (χ0n) is 17.1. The third-order valence-electron chi connectivity index (χ3n) is 5.03. The standard InChI is InChI=1S/C24H20N6O2/c25-20-11-13-30(29-20)23-22-19(10-12-26-23)24(31)28-21(27-22)15-32-18-8-6-17(7-9-18)14-16-4-2-1-3-5-16/h1-13H,14-15H2,(H2,25,29)(H,27,28,31). The molecule has 0 fully saturated rings. The van der Waals surface area contributed by atoms with Gasteiger partial charge in [0.05, 0.1) is 5.39 Å². The van der Waals surface area contributed by atoms with Crippen molar-refractivity contribution in [2.45, 2.75) is 13.0 Å². The summed E-state index contributed by atoms with van der Waals surface area (Å²) >= 11 is 0. The molecule has 2 aromatic carbocycles. The molecular formula is C24H20N6O2. The molecule has 0 unspecified atom stereocenters. The molecule has 3 N–H and O–H groups in total. The monoisotopic (exact) mass is 424 g/mol. The first kappa shape index (κ1) is 19.5. The van der Waals surface area contributed by atoms with Gasteiger partial charge >= 0.3 is 0 Å². The summed E-state index contributed by atoms with van der Waals surface area (Å²) in [6.45, 7) is 0.110. The molecule has 0 spiro atoms. The highest BCUT2D eigenvalue weighted by atomic mass is 16.5. The van der Waals surface area contributed by atoms with Crippen LogP contribution in [0, 0.1) is 0 Å². The van der Waals surface area contributed by atoms with E-state index >= 15 is 0 Å². The van der Waals surface area contributed by atoms with Crippen molar-refractivity contribution in [3.63, 3.8) is 0 Å². The van der Waals surface area contributed by atoms with E-state index in [0.29, 0.717) is 34.1 Å². The maximum absolute atomic E-state index is 12.6. The Balaban J connectivity index is 1.36. The van der Waals surface area contributed by atoms with Gasteiger partial charge in [-0.15, -0.1) is 5.10 Å². The Morgan fingerprint density at radius 1 is 0.969 bits per heavy atom. The summed E-state index contributed by atoms with van der Waals surface area (Å²) in [4.78, 5) is 24.2. The van der Waals surface area contributed by atoms with E-state index in [4.69, 9.17) is 10.5 Å². The van der Waals surface area contributed by atoms with Gasteiger partial charge in [-0.2, -0.15) is 0 Å². The van der Waals surface area contributed by atoms with Crippen molar-refractivity contribution in [3.8, 4) is 11.6 Å². The van der Waals surface area contributed by atoms with E-state index in [-0.39, 0.29) is 12.2 Å². The van der Waals surface area contributed by atoms with Gasteiger partial charge in [0.15, 0.2) is 5.82 Å². The highest BCUT2D eigenvalue weighted by molar-refractivity contribution is 5.83. The van der Waals surface area contributed by atoms with Crippen LogP contribution in [-0.2, 0) is 13.0 Å². The number of hydrogen-bond donors (Lipinski definition) is 2. The number of fused-ring (bicyclic) bond motifs is 1. The van der Waals surface area contributed by atoms with Crippen LogP contribution in [0.1, 0.15) is 17.0 Å². The molecule has 5 aromatic rings. The summed E-state index contributed by atoms with van der Waals surface area (Å²) in [5.41, 5.74) is 8.32. The minimum atomic E-state index is -0.268. The summed E-state index contributed by atoms with van der Waals surface area (Å²) in [7, 11) is 0. The number of aromatic nitrogens is 5. The average Bonchev–Trinajstić information content (AvgIpc) is 3.25. The van der Waals surface area contributed by atoms with Crippen molar-refractivity contribution >= 4 is 16.7 Å². The van der Waals surface area contributed by atoms with E-state index in [1.54, 1.807) is 24.5 Å². The molecule has 3 heterocycles. The van der Waals surface area contributed by atoms with Crippen molar-refractivity contribution in [3.05, 3.63) is 106 Å². The van der Waals surface area contributed by atoms with Gasteiger partial charge in [-0.3, -0.25) is 4.79 Å².